The molecule has 1 heterocycles. The molecule has 7 N–H and O–H groups in total. The van der Waals surface area contributed by atoms with Gasteiger partial charge in [-0.25, -0.2) is 0 Å². The van der Waals surface area contributed by atoms with Crippen LogP contribution in [-0.4, -0.2) is 79.7 Å². The summed E-state index contributed by atoms with van der Waals surface area (Å²) in [5, 5.41) is 56.3. The van der Waals surface area contributed by atoms with Crippen LogP contribution in [0.4, 0.5) is 0 Å². The van der Waals surface area contributed by atoms with E-state index in [4.69, 9.17) is 10.2 Å². The highest BCUT2D eigenvalue weighted by atomic mass is 16.4. The van der Waals surface area contributed by atoms with Gasteiger partial charge in [0.1, 0.15) is 28.6 Å². The van der Waals surface area contributed by atoms with Crippen molar-refractivity contribution in [3.63, 3.8) is 0 Å². The smallest absolute Gasteiger partial charge is 0.255 e. The fourth-order valence-electron chi connectivity index (χ4n) is 6.34. The Bertz CT molecular complexity index is 1420. The second-order valence-corrected chi connectivity index (χ2v) is 9.95. The van der Waals surface area contributed by atoms with E-state index in [1.807, 2.05) is 0 Å². The number of phenols is 1. The summed E-state index contributed by atoms with van der Waals surface area (Å²) in [5.74, 6) is -8.94. The van der Waals surface area contributed by atoms with Gasteiger partial charge in [-0.05, 0) is 49.8 Å². The number of amides is 1. The third-order valence-corrected chi connectivity index (χ3v) is 7.89. The Kier molecular flexibility index (Phi) is 5.38. The molecule has 1 saturated carbocycles. The summed E-state index contributed by atoms with van der Waals surface area (Å²) < 4.78 is 5.52. The maximum atomic E-state index is 14.0. The van der Waals surface area contributed by atoms with Crippen molar-refractivity contribution >= 4 is 23.2 Å². The zero-order valence-electron chi connectivity index (χ0n) is 20.2. The van der Waals surface area contributed by atoms with Gasteiger partial charge in [0, 0.05) is 17.1 Å². The fraction of sp³-hybridized carbons (Fsp3) is 0.346. The predicted octanol–water partition coefficient (Wildman–Crippen LogP) is 0.756. The molecule has 5 rings (SSSR count). The molecule has 194 valence electrons. The summed E-state index contributed by atoms with van der Waals surface area (Å²) in [7, 11) is 2.91. The van der Waals surface area contributed by atoms with Crippen molar-refractivity contribution in [2.45, 2.75) is 30.6 Å². The van der Waals surface area contributed by atoms with Crippen LogP contribution in [0.15, 0.2) is 51.9 Å². The highest BCUT2D eigenvalue weighted by Crippen LogP contribution is 2.57. The number of aromatic hydroxyl groups is 1. The van der Waals surface area contributed by atoms with Crippen LogP contribution >= 0.6 is 0 Å². The molecule has 1 fully saturated rings. The van der Waals surface area contributed by atoms with Crippen molar-refractivity contribution in [2.75, 3.05) is 14.1 Å². The molecule has 11 heteroatoms. The fourth-order valence-corrected chi connectivity index (χ4v) is 6.34. The first-order valence-corrected chi connectivity index (χ1v) is 11.6. The highest BCUT2D eigenvalue weighted by Gasteiger charge is 2.68. The van der Waals surface area contributed by atoms with Gasteiger partial charge < -0.3 is 35.7 Å². The third kappa shape index (κ3) is 3.02. The lowest BCUT2D eigenvalue weighted by atomic mass is 9.54. The highest BCUT2D eigenvalue weighted by molar-refractivity contribution is 6.24. The summed E-state index contributed by atoms with van der Waals surface area (Å²) in [4.78, 5) is 40.6. The number of nitrogens with two attached hydrogens (primary N) is 1. The molecule has 37 heavy (non-hydrogen) atoms. The largest absolute Gasteiger partial charge is 0.508 e. The van der Waals surface area contributed by atoms with E-state index in [9.17, 15) is 39.9 Å². The monoisotopic (exact) mass is 510 g/mol. The zero-order valence-corrected chi connectivity index (χ0v) is 20.2. The van der Waals surface area contributed by atoms with Crippen LogP contribution in [-0.2, 0) is 14.4 Å². The van der Waals surface area contributed by atoms with Crippen LogP contribution in [0.5, 0.6) is 5.75 Å². The SMILES string of the molecule is C[C@H]1c2c(-c3ccco3)ccc(O)c2C(O)=C2C(=O)[C@]3(O)C(O)=C(C(N)=O)C(=O)[C@@H](N(C)C)[C@@H]3[C@@H](O)[C@@H]21. The van der Waals surface area contributed by atoms with Gasteiger partial charge in [0.25, 0.3) is 5.91 Å². The molecule has 0 bridgehead atoms. The first-order chi connectivity index (χ1) is 17.3. The van der Waals surface area contributed by atoms with Crippen LogP contribution in [0, 0.1) is 11.8 Å². The van der Waals surface area contributed by atoms with Gasteiger partial charge in [0.15, 0.2) is 11.4 Å². The normalized spacial score (nSPS) is 31.4. The Morgan fingerprint density at radius 3 is 2.38 bits per heavy atom. The first kappa shape index (κ1) is 24.8. The number of carbonyl (C=O) groups is 3. The number of ketones is 2. The molecule has 0 spiro atoms. The second kappa shape index (κ2) is 8.04. The number of aliphatic hydroxyl groups excluding tert-OH is 3. The van der Waals surface area contributed by atoms with Gasteiger partial charge in [-0.15, -0.1) is 0 Å². The molecule has 11 nitrogen and oxygen atoms in total. The van der Waals surface area contributed by atoms with Crippen molar-refractivity contribution in [1.82, 2.24) is 4.90 Å². The molecule has 0 aliphatic heterocycles. The third-order valence-electron chi connectivity index (χ3n) is 7.89. The predicted molar refractivity (Wildman–Crippen MR) is 128 cm³/mol. The zero-order chi connectivity index (χ0) is 27.1. The molecule has 3 aliphatic carbocycles. The minimum absolute atomic E-state index is 0.0927. The molecule has 1 aromatic carbocycles. The number of likely N-dealkylation sites (N-methyl/N-ethyl adjacent to an activating group) is 1. The molecule has 3 aliphatic rings. The molecule has 1 aromatic heterocycles. The Labute approximate surface area is 210 Å². The average Bonchev–Trinajstić information content (AvgIpc) is 3.36. The first-order valence-electron chi connectivity index (χ1n) is 11.6. The molecule has 0 unspecified atom stereocenters. The molecule has 2 aromatic rings. The average molecular weight is 510 g/mol. The van der Waals surface area contributed by atoms with E-state index in [0.29, 0.717) is 16.9 Å². The molecular weight excluding hydrogens is 484 g/mol. The topological polar surface area (TPSA) is 195 Å². The summed E-state index contributed by atoms with van der Waals surface area (Å²) in [5.41, 5.74) is 1.76. The van der Waals surface area contributed by atoms with Gasteiger partial charge >= 0.3 is 0 Å². The maximum absolute atomic E-state index is 14.0. The van der Waals surface area contributed by atoms with Gasteiger partial charge in [-0.1, -0.05) is 6.92 Å². The van der Waals surface area contributed by atoms with E-state index in [-0.39, 0.29) is 11.3 Å². The minimum atomic E-state index is -2.95. The van der Waals surface area contributed by atoms with Gasteiger partial charge in [0.2, 0.25) is 5.78 Å². The van der Waals surface area contributed by atoms with Crippen molar-refractivity contribution in [1.29, 1.82) is 0 Å². The molecular formula is C26H26N2O9. The summed E-state index contributed by atoms with van der Waals surface area (Å²) in [6.07, 6.45) is -0.217. The number of hydrogen-bond donors (Lipinski definition) is 6. The van der Waals surface area contributed by atoms with E-state index >= 15 is 0 Å². The lowest BCUT2D eigenvalue weighted by molar-refractivity contribution is -0.169. The van der Waals surface area contributed by atoms with Crippen LogP contribution in [0.1, 0.15) is 24.0 Å². The number of phenolic OH excluding ortho intramolecular Hbond substituents is 1. The number of hydrogen-bond acceptors (Lipinski definition) is 10. The number of benzene rings is 1. The van der Waals surface area contributed by atoms with E-state index in [0.717, 1.165) is 0 Å². The Morgan fingerprint density at radius 2 is 1.81 bits per heavy atom. The number of furan rings is 1. The number of rotatable bonds is 3. The minimum Gasteiger partial charge on any atom is -0.508 e. The Hall–Kier alpha value is -3.93. The van der Waals surface area contributed by atoms with E-state index in [1.165, 1.54) is 31.3 Å². The number of primary amides is 1. The van der Waals surface area contributed by atoms with Crippen molar-refractivity contribution in [3.05, 3.63) is 58.6 Å². The summed E-state index contributed by atoms with van der Waals surface area (Å²) in [6.45, 7) is 1.67. The molecule has 0 radical (unpaired) electrons. The molecule has 0 saturated heterocycles. The van der Waals surface area contributed by atoms with Gasteiger partial charge in [-0.3, -0.25) is 19.3 Å². The summed E-state index contributed by atoms with van der Waals surface area (Å²) in [6, 6.07) is 4.81. The van der Waals surface area contributed by atoms with Crippen molar-refractivity contribution in [2.24, 2.45) is 17.6 Å². The van der Waals surface area contributed by atoms with Crippen molar-refractivity contribution < 1.29 is 44.3 Å². The maximum Gasteiger partial charge on any atom is 0.255 e. The molecule has 1 amide bonds. The van der Waals surface area contributed by atoms with E-state index in [1.54, 1.807) is 25.1 Å². The van der Waals surface area contributed by atoms with E-state index < -0.39 is 75.6 Å². The van der Waals surface area contributed by atoms with Gasteiger partial charge in [0.05, 0.1) is 29.9 Å². The lowest BCUT2D eigenvalue weighted by Gasteiger charge is -2.53. The Balaban J connectivity index is 1.83. The van der Waals surface area contributed by atoms with Crippen molar-refractivity contribution in [3.8, 4) is 17.1 Å². The van der Waals surface area contributed by atoms with Crippen LogP contribution in [0.3, 0.4) is 0 Å². The quantitative estimate of drug-likeness (QED) is 0.321. The van der Waals surface area contributed by atoms with Crippen LogP contribution in [0.2, 0.25) is 0 Å². The Morgan fingerprint density at radius 1 is 1.14 bits per heavy atom. The number of fused-ring (bicyclic) bond motifs is 3. The standard InChI is InChI=1S/C26H26N2O9/c1-9-13-10(12-5-4-8-37-12)6-7-11(29)15(13)20(30)16-14(9)21(31)18-19(28(2)3)22(32)17(25(27)35)24(34)26(18,36)23(16)33/h4-9,14,18-19,21,29-31,34,36H,1-3H3,(H2,27,35)/t9-,14+,18+,19-,21-,26-/m0/s1. The molecule has 6 atom stereocenters. The van der Waals surface area contributed by atoms with Crippen LogP contribution in [0.25, 0.3) is 17.1 Å². The van der Waals surface area contributed by atoms with Crippen LogP contribution < -0.4 is 5.73 Å². The second-order valence-electron chi connectivity index (χ2n) is 9.95. The summed E-state index contributed by atoms with van der Waals surface area (Å²) >= 11 is 0. The number of Topliss-reactive ketones (excluding diaryl/α,β-unsaturated/α-hetero) is 2. The van der Waals surface area contributed by atoms with Gasteiger partial charge in [-0.2, -0.15) is 0 Å². The number of aliphatic hydroxyl groups is 4. The lowest BCUT2D eigenvalue weighted by Crippen LogP contribution is -2.70. The van der Waals surface area contributed by atoms with E-state index in [2.05, 4.69) is 0 Å². The number of nitrogens with zero attached hydrogens (tertiary/aromatic N) is 1. The number of carbonyl (C=O) groups excluding carboxylic acids is 3.